The van der Waals surface area contributed by atoms with Crippen molar-refractivity contribution in [3.63, 3.8) is 0 Å². The minimum Gasteiger partial charge on any atom is -0.203 e. The van der Waals surface area contributed by atoms with Gasteiger partial charge in [-0.25, -0.2) is 35.1 Å². The van der Waals surface area contributed by atoms with Crippen molar-refractivity contribution in [2.45, 2.75) is 29.6 Å². The zero-order valence-corrected chi connectivity index (χ0v) is 15.6. The molecule has 0 atom stereocenters. The van der Waals surface area contributed by atoms with Crippen molar-refractivity contribution < 1.29 is 35.1 Å². The molecule has 0 radical (unpaired) electrons. The maximum atomic E-state index is 14.3. The number of halogens is 8. The van der Waals surface area contributed by atoms with Gasteiger partial charge in [-0.2, -0.15) is 0 Å². The Hall–Kier alpha value is -1.42. The Bertz CT molecular complexity index is 824. The van der Waals surface area contributed by atoms with Crippen molar-refractivity contribution in [2.75, 3.05) is 12.0 Å². The number of hydrogen-bond acceptors (Lipinski definition) is 2. The highest BCUT2D eigenvalue weighted by atomic mass is 32.2. The van der Waals surface area contributed by atoms with E-state index in [4.69, 9.17) is 0 Å². The molecule has 0 N–H and O–H groups in total. The molecule has 2 aromatic carbocycles. The van der Waals surface area contributed by atoms with Crippen LogP contribution in [0.3, 0.4) is 0 Å². The Balaban J connectivity index is 2.78. The Morgan fingerprint density at radius 2 is 0.963 bits per heavy atom. The largest absolute Gasteiger partial charge is 0.203 e. The fraction of sp³-hybridized carbons (Fsp3) is 0.294. The zero-order chi connectivity index (χ0) is 20.5. The summed E-state index contributed by atoms with van der Waals surface area (Å²) in [5.74, 6) is -16.1. The van der Waals surface area contributed by atoms with Gasteiger partial charge in [0.1, 0.15) is 0 Å². The lowest BCUT2D eigenvalue weighted by Crippen LogP contribution is -2.09. The molecule has 2 rings (SSSR count). The maximum absolute atomic E-state index is 14.3. The molecular formula is C17H12F8S2. The van der Waals surface area contributed by atoms with Gasteiger partial charge in [-0.05, 0) is 18.4 Å². The predicted molar refractivity (Wildman–Crippen MR) is 89.0 cm³/mol. The Labute approximate surface area is 158 Å². The topological polar surface area (TPSA) is 0 Å². The van der Waals surface area contributed by atoms with E-state index in [2.05, 4.69) is 0 Å². The first-order chi connectivity index (χ1) is 12.7. The number of rotatable bonds is 6. The van der Waals surface area contributed by atoms with E-state index in [0.29, 0.717) is 36.4 Å². The standard InChI is InChI=1S/C17H12F8S2/c1-3-4-5-27-17-14(24)10(20)7(11(21)15(17)25)6-8(18)12(22)16(26-2)13(23)9(6)19/h3-5H2,1-2H3. The third-order valence-corrected chi connectivity index (χ3v) is 5.55. The van der Waals surface area contributed by atoms with Gasteiger partial charge in [0.05, 0.1) is 20.9 Å². The summed E-state index contributed by atoms with van der Waals surface area (Å²) in [6.07, 6.45) is 2.25. The second-order valence-corrected chi connectivity index (χ2v) is 7.25. The van der Waals surface area contributed by atoms with Gasteiger partial charge in [-0.3, -0.25) is 0 Å². The highest BCUT2D eigenvalue weighted by Crippen LogP contribution is 2.41. The van der Waals surface area contributed by atoms with Crippen LogP contribution in [-0.4, -0.2) is 12.0 Å². The van der Waals surface area contributed by atoms with Crippen LogP contribution in [-0.2, 0) is 0 Å². The number of hydrogen-bond donors (Lipinski definition) is 0. The molecule has 0 unspecified atom stereocenters. The minimum absolute atomic E-state index is 0.136. The third-order valence-electron chi connectivity index (χ3n) is 3.64. The smallest absolute Gasteiger partial charge is 0.176 e. The van der Waals surface area contributed by atoms with Crippen molar-refractivity contribution in [2.24, 2.45) is 0 Å². The molecule has 2 aromatic rings. The molecule has 0 fully saturated rings. The van der Waals surface area contributed by atoms with Gasteiger partial charge in [0.15, 0.2) is 46.5 Å². The number of benzene rings is 2. The molecule has 0 aliphatic heterocycles. The summed E-state index contributed by atoms with van der Waals surface area (Å²) in [5.41, 5.74) is -3.69. The van der Waals surface area contributed by atoms with E-state index < -0.39 is 67.5 Å². The third kappa shape index (κ3) is 3.78. The lowest BCUT2D eigenvalue weighted by Gasteiger charge is -2.15. The van der Waals surface area contributed by atoms with Gasteiger partial charge >= 0.3 is 0 Å². The molecule has 0 bridgehead atoms. The summed E-state index contributed by atoms with van der Waals surface area (Å²) in [5, 5.41) is 0. The van der Waals surface area contributed by atoms with Crippen LogP contribution in [0, 0.1) is 46.5 Å². The quantitative estimate of drug-likeness (QED) is 0.207. The van der Waals surface area contributed by atoms with Gasteiger partial charge in [0.25, 0.3) is 0 Å². The summed E-state index contributed by atoms with van der Waals surface area (Å²) in [4.78, 5) is -2.08. The van der Waals surface area contributed by atoms with Crippen LogP contribution < -0.4 is 0 Å². The first-order valence-electron chi connectivity index (χ1n) is 7.57. The maximum Gasteiger partial charge on any atom is 0.176 e. The number of thioether (sulfide) groups is 2. The van der Waals surface area contributed by atoms with Crippen molar-refractivity contribution >= 4 is 23.5 Å². The van der Waals surface area contributed by atoms with Gasteiger partial charge in [-0.1, -0.05) is 13.3 Å². The van der Waals surface area contributed by atoms with Gasteiger partial charge < -0.3 is 0 Å². The molecule has 0 aliphatic carbocycles. The lowest BCUT2D eigenvalue weighted by molar-refractivity contribution is 0.415. The van der Waals surface area contributed by atoms with E-state index in [1.807, 2.05) is 0 Å². The van der Waals surface area contributed by atoms with Crippen LogP contribution in [0.4, 0.5) is 35.1 Å². The molecule has 0 saturated carbocycles. The molecule has 10 heteroatoms. The van der Waals surface area contributed by atoms with Crippen LogP contribution in [0.5, 0.6) is 0 Å². The van der Waals surface area contributed by atoms with Crippen molar-refractivity contribution in [1.82, 2.24) is 0 Å². The van der Waals surface area contributed by atoms with Crippen molar-refractivity contribution in [3.05, 3.63) is 46.5 Å². The zero-order valence-electron chi connectivity index (χ0n) is 14.0. The summed E-state index contributed by atoms with van der Waals surface area (Å²) in [7, 11) is 0. The Kier molecular flexibility index (Phi) is 7.07. The second kappa shape index (κ2) is 8.72. The second-order valence-electron chi connectivity index (χ2n) is 5.33. The van der Waals surface area contributed by atoms with Crippen LogP contribution in [0.1, 0.15) is 19.8 Å². The normalized spacial score (nSPS) is 11.3. The van der Waals surface area contributed by atoms with Gasteiger partial charge in [0.2, 0.25) is 0 Å². The minimum atomic E-state index is -2.15. The fourth-order valence-electron chi connectivity index (χ4n) is 2.29. The van der Waals surface area contributed by atoms with E-state index in [0.717, 1.165) is 6.26 Å². The predicted octanol–water partition coefficient (Wildman–Crippen LogP) is 7.08. The molecule has 0 amide bonds. The van der Waals surface area contributed by atoms with Crippen molar-refractivity contribution in [3.8, 4) is 11.1 Å². The van der Waals surface area contributed by atoms with E-state index >= 15 is 0 Å². The van der Waals surface area contributed by atoms with E-state index in [-0.39, 0.29) is 5.75 Å². The van der Waals surface area contributed by atoms with Crippen LogP contribution >= 0.6 is 23.5 Å². The van der Waals surface area contributed by atoms with E-state index in [9.17, 15) is 35.1 Å². The summed E-state index contributed by atoms with van der Waals surface area (Å²) in [6.45, 7) is 1.78. The SMILES string of the molecule is CCCCSc1c(F)c(F)c(-c2c(F)c(F)c(SC)c(F)c2F)c(F)c1F. The molecule has 0 saturated heterocycles. The fourth-order valence-corrected chi connectivity index (χ4v) is 3.89. The van der Waals surface area contributed by atoms with Gasteiger partial charge in [0, 0.05) is 0 Å². The monoisotopic (exact) mass is 432 g/mol. The van der Waals surface area contributed by atoms with Crippen LogP contribution in [0.25, 0.3) is 11.1 Å². The van der Waals surface area contributed by atoms with Crippen molar-refractivity contribution in [1.29, 1.82) is 0 Å². The first kappa shape index (κ1) is 21.9. The highest BCUT2D eigenvalue weighted by molar-refractivity contribution is 7.99. The Morgan fingerprint density at radius 1 is 0.593 bits per heavy atom. The van der Waals surface area contributed by atoms with E-state index in [1.165, 1.54) is 0 Å². The molecule has 0 nitrogen and oxygen atoms in total. The average Bonchev–Trinajstić information content (AvgIpc) is 2.64. The molecule has 0 aromatic heterocycles. The molecule has 0 aliphatic rings. The molecule has 27 heavy (non-hydrogen) atoms. The van der Waals surface area contributed by atoms with Gasteiger partial charge in [-0.15, -0.1) is 23.5 Å². The summed E-state index contributed by atoms with van der Waals surface area (Å²) in [6, 6.07) is 0. The first-order valence-corrected chi connectivity index (χ1v) is 9.78. The number of unbranched alkanes of at least 4 members (excludes halogenated alkanes) is 1. The van der Waals surface area contributed by atoms with Crippen LogP contribution in [0.2, 0.25) is 0 Å². The lowest BCUT2D eigenvalue weighted by atomic mass is 10.0. The molecule has 0 spiro atoms. The van der Waals surface area contributed by atoms with Crippen LogP contribution in [0.15, 0.2) is 9.79 Å². The molecular weight excluding hydrogens is 420 g/mol. The summed E-state index contributed by atoms with van der Waals surface area (Å²) < 4.78 is 113. The van der Waals surface area contributed by atoms with E-state index in [1.54, 1.807) is 6.92 Å². The highest BCUT2D eigenvalue weighted by Gasteiger charge is 2.33. The average molecular weight is 432 g/mol. The molecule has 148 valence electrons. The Morgan fingerprint density at radius 3 is 1.30 bits per heavy atom. The molecule has 0 heterocycles. The summed E-state index contributed by atoms with van der Waals surface area (Å²) >= 11 is 0.796.